The summed E-state index contributed by atoms with van der Waals surface area (Å²) in [5.74, 6) is -0.980. The topological polar surface area (TPSA) is 40.1 Å². The molecule has 0 fully saturated rings. The van der Waals surface area contributed by atoms with Crippen LogP contribution >= 0.6 is 11.6 Å². The lowest BCUT2D eigenvalue weighted by molar-refractivity contribution is -0.307. The van der Waals surface area contributed by atoms with E-state index in [9.17, 15) is 9.90 Å². The Morgan fingerprint density at radius 3 is 3.00 bits per heavy atom. The summed E-state index contributed by atoms with van der Waals surface area (Å²) in [7, 11) is 0. The summed E-state index contributed by atoms with van der Waals surface area (Å²) >= 11 is 6.22. The SMILES string of the molecule is C=CCCC[C@]1(CC(=O)[O-])CCc2c(Cl)cccc21. The largest absolute Gasteiger partial charge is 0.550 e. The minimum atomic E-state index is -0.980. The van der Waals surface area contributed by atoms with E-state index in [4.69, 9.17) is 11.6 Å². The van der Waals surface area contributed by atoms with E-state index in [1.54, 1.807) is 0 Å². The van der Waals surface area contributed by atoms with Crippen LogP contribution in [-0.4, -0.2) is 5.97 Å². The van der Waals surface area contributed by atoms with Gasteiger partial charge in [0.1, 0.15) is 0 Å². The molecule has 0 saturated heterocycles. The second kappa shape index (κ2) is 5.79. The highest BCUT2D eigenvalue weighted by molar-refractivity contribution is 6.31. The number of unbranched alkanes of at least 4 members (excludes halogenated alkanes) is 1. The molecule has 102 valence electrons. The van der Waals surface area contributed by atoms with E-state index in [0.717, 1.165) is 48.3 Å². The first-order chi connectivity index (χ1) is 9.09. The summed E-state index contributed by atoms with van der Waals surface area (Å²) in [6, 6.07) is 5.80. The van der Waals surface area contributed by atoms with Crippen molar-refractivity contribution in [2.24, 2.45) is 0 Å². The van der Waals surface area contributed by atoms with Crippen LogP contribution in [0.15, 0.2) is 30.9 Å². The van der Waals surface area contributed by atoms with Crippen LogP contribution in [0.2, 0.25) is 5.02 Å². The van der Waals surface area contributed by atoms with Gasteiger partial charge in [0.25, 0.3) is 0 Å². The van der Waals surface area contributed by atoms with E-state index < -0.39 is 5.97 Å². The Kier molecular flexibility index (Phi) is 4.31. The summed E-state index contributed by atoms with van der Waals surface area (Å²) in [4.78, 5) is 11.1. The average molecular weight is 278 g/mol. The van der Waals surface area contributed by atoms with Crippen LogP contribution in [0.25, 0.3) is 0 Å². The number of benzene rings is 1. The normalized spacial score (nSPS) is 21.1. The zero-order valence-electron chi connectivity index (χ0n) is 11.0. The molecule has 2 nitrogen and oxygen atoms in total. The number of aliphatic carboxylic acids is 1. The Hall–Kier alpha value is -1.28. The fraction of sp³-hybridized carbons (Fsp3) is 0.438. The van der Waals surface area contributed by atoms with Crippen LogP contribution in [0.1, 0.15) is 43.2 Å². The molecule has 19 heavy (non-hydrogen) atoms. The summed E-state index contributed by atoms with van der Waals surface area (Å²) in [6.45, 7) is 3.72. The highest BCUT2D eigenvalue weighted by atomic mass is 35.5. The third-order valence-electron chi connectivity index (χ3n) is 4.09. The second-order valence-corrected chi connectivity index (χ2v) is 5.68. The van der Waals surface area contributed by atoms with Crippen LogP contribution < -0.4 is 5.11 Å². The van der Waals surface area contributed by atoms with Gasteiger partial charge in [-0.1, -0.05) is 29.8 Å². The van der Waals surface area contributed by atoms with Crippen LogP contribution in [0.5, 0.6) is 0 Å². The lowest BCUT2D eigenvalue weighted by Crippen LogP contribution is -2.34. The molecular formula is C16H18ClO2-. The van der Waals surface area contributed by atoms with Crippen molar-refractivity contribution >= 4 is 17.6 Å². The molecule has 1 aliphatic carbocycles. The third kappa shape index (κ3) is 2.84. The first-order valence-corrected chi connectivity index (χ1v) is 7.05. The standard InChI is InChI=1S/C16H19ClO2/c1-2-3-4-9-16(11-15(18)19)10-8-12-13(16)6-5-7-14(12)17/h2,5-7H,1,3-4,8-11H2,(H,18,19)/p-1/t16-/m1/s1. The Balaban J connectivity index is 2.33. The van der Waals surface area contributed by atoms with E-state index in [1.807, 2.05) is 24.3 Å². The highest BCUT2D eigenvalue weighted by Crippen LogP contribution is 2.47. The molecule has 1 aliphatic rings. The Bertz CT molecular complexity index is 496. The van der Waals surface area contributed by atoms with Gasteiger partial charge in [-0.25, -0.2) is 0 Å². The fourth-order valence-corrected chi connectivity index (χ4v) is 3.47. The van der Waals surface area contributed by atoms with Gasteiger partial charge in [0.05, 0.1) is 0 Å². The number of carboxylic acids is 1. The van der Waals surface area contributed by atoms with Gasteiger partial charge in [-0.15, -0.1) is 6.58 Å². The lowest BCUT2D eigenvalue weighted by atomic mass is 9.75. The van der Waals surface area contributed by atoms with Gasteiger partial charge in [0.15, 0.2) is 0 Å². The number of hydrogen-bond donors (Lipinski definition) is 0. The minimum absolute atomic E-state index is 0.0808. The molecule has 0 heterocycles. The van der Waals surface area contributed by atoms with E-state index in [1.165, 1.54) is 0 Å². The molecule has 0 spiro atoms. The van der Waals surface area contributed by atoms with E-state index in [0.29, 0.717) is 0 Å². The molecule has 0 aliphatic heterocycles. The number of halogens is 1. The predicted molar refractivity (Wildman–Crippen MR) is 75.1 cm³/mol. The van der Waals surface area contributed by atoms with E-state index in [2.05, 4.69) is 6.58 Å². The molecule has 0 unspecified atom stereocenters. The smallest absolute Gasteiger partial charge is 0.0440 e. The molecule has 0 N–H and O–H groups in total. The molecule has 0 aromatic heterocycles. The molecule has 0 radical (unpaired) electrons. The Morgan fingerprint density at radius 1 is 1.53 bits per heavy atom. The number of allylic oxidation sites excluding steroid dienone is 1. The summed E-state index contributed by atoms with van der Waals surface area (Å²) in [5.41, 5.74) is 1.92. The number of rotatable bonds is 6. The molecule has 2 rings (SSSR count). The fourth-order valence-electron chi connectivity index (χ4n) is 3.20. The second-order valence-electron chi connectivity index (χ2n) is 5.28. The first-order valence-electron chi connectivity index (χ1n) is 6.68. The zero-order valence-corrected chi connectivity index (χ0v) is 11.7. The van der Waals surface area contributed by atoms with Crippen molar-refractivity contribution in [3.05, 3.63) is 47.0 Å². The molecule has 0 bridgehead atoms. The quantitative estimate of drug-likeness (QED) is 0.592. The lowest BCUT2D eigenvalue weighted by Gasteiger charge is -2.31. The number of carbonyl (C=O) groups is 1. The van der Waals surface area contributed by atoms with Crippen LogP contribution in [0, 0.1) is 0 Å². The third-order valence-corrected chi connectivity index (χ3v) is 4.44. The van der Waals surface area contributed by atoms with Gasteiger partial charge in [-0.3, -0.25) is 0 Å². The molecule has 0 amide bonds. The van der Waals surface area contributed by atoms with Gasteiger partial charge in [-0.2, -0.15) is 0 Å². The van der Waals surface area contributed by atoms with Crippen LogP contribution in [0.4, 0.5) is 0 Å². The van der Waals surface area contributed by atoms with Crippen molar-refractivity contribution in [2.75, 3.05) is 0 Å². The van der Waals surface area contributed by atoms with Crippen LogP contribution in [0.3, 0.4) is 0 Å². The van der Waals surface area contributed by atoms with Crippen LogP contribution in [-0.2, 0) is 16.6 Å². The van der Waals surface area contributed by atoms with E-state index >= 15 is 0 Å². The molecule has 1 atom stereocenters. The maximum absolute atomic E-state index is 11.1. The maximum atomic E-state index is 11.1. The highest BCUT2D eigenvalue weighted by Gasteiger charge is 2.38. The van der Waals surface area contributed by atoms with Crippen molar-refractivity contribution in [3.63, 3.8) is 0 Å². The number of fused-ring (bicyclic) bond motifs is 1. The van der Waals surface area contributed by atoms with Gasteiger partial charge >= 0.3 is 0 Å². The van der Waals surface area contributed by atoms with Gasteiger partial charge in [0, 0.05) is 16.4 Å². The molecule has 3 heteroatoms. The van der Waals surface area contributed by atoms with Gasteiger partial charge < -0.3 is 9.90 Å². The summed E-state index contributed by atoms with van der Waals surface area (Å²) in [5, 5.41) is 11.9. The summed E-state index contributed by atoms with van der Waals surface area (Å²) in [6.07, 6.45) is 6.36. The molecular weight excluding hydrogens is 260 g/mol. The van der Waals surface area contributed by atoms with E-state index in [-0.39, 0.29) is 11.8 Å². The van der Waals surface area contributed by atoms with Gasteiger partial charge in [0.2, 0.25) is 0 Å². The number of hydrogen-bond acceptors (Lipinski definition) is 2. The van der Waals surface area contributed by atoms with Crippen molar-refractivity contribution in [3.8, 4) is 0 Å². The molecule has 0 saturated carbocycles. The minimum Gasteiger partial charge on any atom is -0.550 e. The first kappa shape index (κ1) is 14.1. The molecule has 1 aromatic carbocycles. The average Bonchev–Trinajstić information content (AvgIpc) is 2.70. The zero-order chi connectivity index (χ0) is 13.9. The number of carbonyl (C=O) groups excluding carboxylic acids is 1. The predicted octanol–water partition coefficient (Wildman–Crippen LogP) is 3.02. The van der Waals surface area contributed by atoms with Crippen molar-refractivity contribution in [1.29, 1.82) is 0 Å². The van der Waals surface area contributed by atoms with Crippen molar-refractivity contribution < 1.29 is 9.90 Å². The van der Waals surface area contributed by atoms with Crippen molar-refractivity contribution in [1.82, 2.24) is 0 Å². The Labute approximate surface area is 119 Å². The maximum Gasteiger partial charge on any atom is 0.0440 e. The monoisotopic (exact) mass is 277 g/mol. The Morgan fingerprint density at radius 2 is 2.32 bits per heavy atom. The molecule has 1 aromatic rings. The summed E-state index contributed by atoms with van der Waals surface area (Å²) < 4.78 is 0. The number of carboxylic acid groups (broad SMARTS) is 1. The van der Waals surface area contributed by atoms with Gasteiger partial charge in [-0.05, 0) is 55.7 Å². The van der Waals surface area contributed by atoms with Crippen molar-refractivity contribution in [2.45, 2.75) is 43.9 Å².